The molecule has 0 amide bonds. The summed E-state index contributed by atoms with van der Waals surface area (Å²) in [6.07, 6.45) is 2.87. The van der Waals surface area contributed by atoms with Gasteiger partial charge in [-0.15, -0.1) is 21.5 Å². The van der Waals surface area contributed by atoms with Crippen LogP contribution in [0.5, 0.6) is 0 Å². The van der Waals surface area contributed by atoms with Crippen LogP contribution in [0.3, 0.4) is 0 Å². The summed E-state index contributed by atoms with van der Waals surface area (Å²) in [6, 6.07) is 8.71. The molecule has 0 fully saturated rings. The van der Waals surface area contributed by atoms with E-state index in [9.17, 15) is 0 Å². The van der Waals surface area contributed by atoms with Gasteiger partial charge >= 0.3 is 0 Å². The lowest BCUT2D eigenvalue weighted by Gasteiger charge is -2.04. The molecule has 2 N–H and O–H groups in total. The predicted octanol–water partition coefficient (Wildman–Crippen LogP) is 2.91. The Balaban J connectivity index is 2.03. The van der Waals surface area contributed by atoms with Gasteiger partial charge in [-0.3, -0.25) is 4.40 Å². The third-order valence-electron chi connectivity index (χ3n) is 3.48. The van der Waals surface area contributed by atoms with Crippen molar-refractivity contribution in [3.05, 3.63) is 41.0 Å². The highest BCUT2D eigenvalue weighted by molar-refractivity contribution is 7.15. The van der Waals surface area contributed by atoms with E-state index in [1.807, 2.05) is 0 Å². The van der Waals surface area contributed by atoms with Crippen molar-refractivity contribution in [2.45, 2.75) is 26.2 Å². The average molecular weight is 286 g/mol. The summed E-state index contributed by atoms with van der Waals surface area (Å²) in [4.78, 5) is 0.951. The standard InChI is InChI=1S/C15H18N4S/c1-2-11-5-7-12(8-6-11)13-10-20-15-18-17-14(19(13)15)4-3-9-16/h5-8,10H,2-4,9,16H2,1H3. The molecule has 0 saturated heterocycles. The first-order valence-electron chi connectivity index (χ1n) is 6.94. The van der Waals surface area contributed by atoms with Crippen molar-refractivity contribution in [1.82, 2.24) is 14.6 Å². The normalized spacial score (nSPS) is 11.3. The van der Waals surface area contributed by atoms with Gasteiger partial charge in [0.05, 0.1) is 5.69 Å². The number of aromatic nitrogens is 3. The minimum absolute atomic E-state index is 0.680. The molecule has 0 saturated carbocycles. The molecule has 0 radical (unpaired) electrons. The molecule has 0 bridgehead atoms. The maximum atomic E-state index is 5.59. The molecule has 5 heteroatoms. The number of nitrogens with zero attached hydrogens (tertiary/aromatic N) is 3. The van der Waals surface area contributed by atoms with E-state index in [0.717, 1.165) is 30.0 Å². The van der Waals surface area contributed by atoms with Crippen LogP contribution < -0.4 is 5.73 Å². The van der Waals surface area contributed by atoms with Crippen LogP contribution in [0, 0.1) is 0 Å². The first-order valence-corrected chi connectivity index (χ1v) is 7.82. The van der Waals surface area contributed by atoms with Gasteiger partial charge in [-0.05, 0) is 30.5 Å². The zero-order valence-corrected chi connectivity index (χ0v) is 12.4. The summed E-state index contributed by atoms with van der Waals surface area (Å²) in [6.45, 7) is 2.85. The fourth-order valence-electron chi connectivity index (χ4n) is 2.31. The quantitative estimate of drug-likeness (QED) is 0.784. The van der Waals surface area contributed by atoms with Gasteiger partial charge < -0.3 is 5.73 Å². The van der Waals surface area contributed by atoms with E-state index >= 15 is 0 Å². The highest BCUT2D eigenvalue weighted by atomic mass is 32.1. The Hall–Kier alpha value is -1.72. The lowest BCUT2D eigenvalue weighted by Crippen LogP contribution is -2.03. The molecule has 4 nitrogen and oxygen atoms in total. The van der Waals surface area contributed by atoms with Crippen molar-refractivity contribution in [2.75, 3.05) is 6.54 Å². The van der Waals surface area contributed by atoms with Crippen LogP contribution in [0.4, 0.5) is 0 Å². The zero-order valence-electron chi connectivity index (χ0n) is 11.5. The third kappa shape index (κ3) is 2.34. The van der Waals surface area contributed by atoms with Crippen LogP contribution >= 0.6 is 11.3 Å². The molecule has 0 aliphatic carbocycles. The molecule has 2 heterocycles. The molecule has 0 unspecified atom stereocenters. The molecule has 0 aliphatic heterocycles. The van der Waals surface area contributed by atoms with Gasteiger partial charge in [0.25, 0.3) is 0 Å². The number of nitrogens with two attached hydrogens (primary N) is 1. The van der Waals surface area contributed by atoms with Crippen LogP contribution in [-0.2, 0) is 12.8 Å². The number of rotatable bonds is 5. The van der Waals surface area contributed by atoms with E-state index in [2.05, 4.69) is 51.2 Å². The van der Waals surface area contributed by atoms with Crippen molar-refractivity contribution in [3.8, 4) is 11.3 Å². The van der Waals surface area contributed by atoms with Crippen LogP contribution in [0.1, 0.15) is 24.7 Å². The van der Waals surface area contributed by atoms with E-state index in [-0.39, 0.29) is 0 Å². The number of hydrogen-bond donors (Lipinski definition) is 1. The molecule has 20 heavy (non-hydrogen) atoms. The van der Waals surface area contributed by atoms with Crippen molar-refractivity contribution in [3.63, 3.8) is 0 Å². The molecule has 3 aromatic rings. The first-order chi connectivity index (χ1) is 9.83. The minimum atomic E-state index is 0.680. The molecule has 2 aromatic heterocycles. The summed E-state index contributed by atoms with van der Waals surface area (Å²) in [5.41, 5.74) is 9.33. The largest absolute Gasteiger partial charge is 0.330 e. The highest BCUT2D eigenvalue weighted by Gasteiger charge is 2.12. The summed E-state index contributed by atoms with van der Waals surface area (Å²) in [7, 11) is 0. The summed E-state index contributed by atoms with van der Waals surface area (Å²) < 4.78 is 2.15. The van der Waals surface area contributed by atoms with E-state index in [1.165, 1.54) is 16.8 Å². The molecular formula is C15H18N4S. The highest BCUT2D eigenvalue weighted by Crippen LogP contribution is 2.27. The maximum Gasteiger partial charge on any atom is 0.216 e. The predicted molar refractivity (Wildman–Crippen MR) is 83.1 cm³/mol. The van der Waals surface area contributed by atoms with Crippen molar-refractivity contribution in [1.29, 1.82) is 0 Å². The summed E-state index contributed by atoms with van der Waals surface area (Å²) >= 11 is 1.63. The summed E-state index contributed by atoms with van der Waals surface area (Å²) in [5, 5.41) is 10.7. The Bertz CT molecular complexity index is 696. The zero-order chi connectivity index (χ0) is 13.9. The molecule has 0 spiro atoms. The van der Waals surface area contributed by atoms with Crippen LogP contribution in [0.15, 0.2) is 29.6 Å². The Morgan fingerprint density at radius 1 is 1.20 bits per heavy atom. The van der Waals surface area contributed by atoms with Crippen LogP contribution in [-0.4, -0.2) is 21.1 Å². The Labute approximate surface area is 122 Å². The number of benzene rings is 1. The van der Waals surface area contributed by atoms with Crippen molar-refractivity contribution < 1.29 is 0 Å². The second kappa shape index (κ2) is 5.73. The first kappa shape index (κ1) is 13.3. The lowest BCUT2D eigenvalue weighted by atomic mass is 10.1. The Morgan fingerprint density at radius 3 is 2.70 bits per heavy atom. The van der Waals surface area contributed by atoms with Gasteiger partial charge in [-0.25, -0.2) is 0 Å². The molecule has 3 rings (SSSR count). The SMILES string of the molecule is CCc1ccc(-c2csc3nnc(CCCN)n23)cc1. The van der Waals surface area contributed by atoms with Gasteiger partial charge in [-0.1, -0.05) is 31.2 Å². The van der Waals surface area contributed by atoms with Gasteiger partial charge in [0.1, 0.15) is 5.82 Å². The van der Waals surface area contributed by atoms with Gasteiger partial charge in [0, 0.05) is 11.8 Å². The number of fused-ring (bicyclic) bond motifs is 1. The van der Waals surface area contributed by atoms with E-state index in [4.69, 9.17) is 5.73 Å². The molecular weight excluding hydrogens is 268 g/mol. The van der Waals surface area contributed by atoms with Crippen molar-refractivity contribution in [2.24, 2.45) is 5.73 Å². The van der Waals surface area contributed by atoms with E-state index in [0.29, 0.717) is 6.54 Å². The monoisotopic (exact) mass is 286 g/mol. The second-order valence-corrected chi connectivity index (χ2v) is 5.63. The molecule has 104 valence electrons. The molecule has 0 atom stereocenters. The van der Waals surface area contributed by atoms with Gasteiger partial charge in [-0.2, -0.15) is 0 Å². The van der Waals surface area contributed by atoms with Crippen LogP contribution in [0.25, 0.3) is 16.2 Å². The average Bonchev–Trinajstić information content (AvgIpc) is 3.07. The van der Waals surface area contributed by atoms with E-state index < -0.39 is 0 Å². The molecule has 1 aromatic carbocycles. The van der Waals surface area contributed by atoms with Gasteiger partial charge in [0.2, 0.25) is 4.96 Å². The molecule has 0 aliphatic rings. The number of hydrogen-bond acceptors (Lipinski definition) is 4. The van der Waals surface area contributed by atoms with E-state index in [1.54, 1.807) is 11.3 Å². The fourth-order valence-corrected chi connectivity index (χ4v) is 3.17. The number of aryl methyl sites for hydroxylation is 2. The fraction of sp³-hybridized carbons (Fsp3) is 0.333. The smallest absolute Gasteiger partial charge is 0.216 e. The van der Waals surface area contributed by atoms with Crippen molar-refractivity contribution >= 4 is 16.3 Å². The topological polar surface area (TPSA) is 56.2 Å². The lowest BCUT2D eigenvalue weighted by molar-refractivity contribution is 0.772. The third-order valence-corrected chi connectivity index (χ3v) is 4.30. The summed E-state index contributed by atoms with van der Waals surface area (Å²) in [5.74, 6) is 1.00. The van der Waals surface area contributed by atoms with Crippen LogP contribution in [0.2, 0.25) is 0 Å². The second-order valence-electron chi connectivity index (χ2n) is 4.80. The maximum absolute atomic E-state index is 5.59. The van der Waals surface area contributed by atoms with Gasteiger partial charge in [0.15, 0.2) is 0 Å². The Kier molecular flexibility index (Phi) is 3.80. The Morgan fingerprint density at radius 2 is 2.00 bits per heavy atom. The number of thiazole rings is 1. The minimum Gasteiger partial charge on any atom is -0.330 e.